The predicted octanol–water partition coefficient (Wildman–Crippen LogP) is 2.54. The summed E-state index contributed by atoms with van der Waals surface area (Å²) in [5.41, 5.74) is 2.92. The quantitative estimate of drug-likeness (QED) is 0.884. The summed E-state index contributed by atoms with van der Waals surface area (Å²) in [7, 11) is 0. The molecule has 6 heteroatoms. The van der Waals surface area contributed by atoms with Gasteiger partial charge in [0.05, 0.1) is 6.04 Å². The van der Waals surface area contributed by atoms with Crippen LogP contribution in [0.3, 0.4) is 0 Å². The molecule has 3 rings (SSSR count). The van der Waals surface area contributed by atoms with E-state index in [9.17, 15) is 9.59 Å². The fourth-order valence-corrected chi connectivity index (χ4v) is 3.73. The van der Waals surface area contributed by atoms with Crippen molar-refractivity contribution in [2.75, 3.05) is 11.1 Å². The topological polar surface area (TPSA) is 64.0 Å². The van der Waals surface area contributed by atoms with Crippen molar-refractivity contribution in [3.63, 3.8) is 0 Å². The molecule has 1 aliphatic heterocycles. The molecule has 1 unspecified atom stereocenters. The van der Waals surface area contributed by atoms with Crippen LogP contribution in [0.1, 0.15) is 23.6 Å². The van der Waals surface area contributed by atoms with Gasteiger partial charge in [-0.1, -0.05) is 29.5 Å². The largest absolute Gasteiger partial charge is 0.326 e. The fraction of sp³-hybridized carbons (Fsp3) is 0.312. The summed E-state index contributed by atoms with van der Waals surface area (Å²) in [5, 5.41) is 3.62. The van der Waals surface area contributed by atoms with Crippen LogP contribution in [-0.2, 0) is 4.79 Å². The third-order valence-electron chi connectivity index (χ3n) is 3.69. The normalized spacial score (nSPS) is 16.4. The molecule has 0 fully saturated rings. The number of hydrogen-bond donors (Lipinski definition) is 1. The van der Waals surface area contributed by atoms with Gasteiger partial charge in [0.2, 0.25) is 5.91 Å². The smallest absolute Gasteiger partial charge is 0.254 e. The first-order valence-electron chi connectivity index (χ1n) is 7.12. The molecule has 2 heterocycles. The number of hydrogen-bond acceptors (Lipinski definition) is 4. The molecule has 0 bridgehead atoms. The summed E-state index contributed by atoms with van der Waals surface area (Å²) in [6.07, 6.45) is 1.79. The van der Waals surface area contributed by atoms with Gasteiger partial charge >= 0.3 is 0 Å². The Hall–Kier alpha value is -2.08. The molecule has 1 aromatic carbocycles. The number of thioether (sulfide) groups is 1. The van der Waals surface area contributed by atoms with E-state index in [1.165, 1.54) is 24.0 Å². The molecule has 0 aliphatic carbocycles. The Morgan fingerprint density at radius 1 is 1.41 bits per heavy atom. The van der Waals surface area contributed by atoms with E-state index in [4.69, 9.17) is 0 Å². The zero-order valence-corrected chi connectivity index (χ0v) is 13.3. The molecule has 0 radical (unpaired) electrons. The van der Waals surface area contributed by atoms with Crippen molar-refractivity contribution in [1.29, 1.82) is 0 Å². The van der Waals surface area contributed by atoms with Crippen LogP contribution in [0.15, 0.2) is 40.4 Å². The molecular formula is C16H17N3O2S. The Bertz CT molecular complexity index is 785. The van der Waals surface area contributed by atoms with E-state index in [-0.39, 0.29) is 23.9 Å². The lowest BCUT2D eigenvalue weighted by Crippen LogP contribution is -2.27. The molecule has 1 N–H and O–H groups in total. The number of rotatable bonds is 3. The molecule has 1 aliphatic rings. The number of aryl methyl sites for hydroxylation is 2. The van der Waals surface area contributed by atoms with Gasteiger partial charge in [0.25, 0.3) is 5.56 Å². The lowest BCUT2D eigenvalue weighted by atomic mass is 10.1. The lowest BCUT2D eigenvalue weighted by molar-refractivity contribution is -0.116. The molecule has 1 atom stereocenters. The van der Waals surface area contributed by atoms with Gasteiger partial charge in [0.15, 0.2) is 5.16 Å². The molecule has 0 spiro atoms. The number of anilines is 1. The van der Waals surface area contributed by atoms with E-state index in [2.05, 4.69) is 10.3 Å². The second-order valence-electron chi connectivity index (χ2n) is 5.47. The Kier molecular flexibility index (Phi) is 4.02. The highest BCUT2D eigenvalue weighted by atomic mass is 32.2. The van der Waals surface area contributed by atoms with Gasteiger partial charge in [-0.05, 0) is 25.5 Å². The Labute approximate surface area is 132 Å². The monoisotopic (exact) mass is 315 g/mol. The van der Waals surface area contributed by atoms with Crippen molar-refractivity contribution < 1.29 is 4.79 Å². The molecular weight excluding hydrogens is 298 g/mol. The third-order valence-corrected chi connectivity index (χ3v) is 4.80. The zero-order valence-electron chi connectivity index (χ0n) is 12.5. The number of carbonyl (C=O) groups excluding carboxylic acids is 1. The highest BCUT2D eigenvalue weighted by Gasteiger charge is 2.26. The number of nitrogens with one attached hydrogen (secondary N) is 1. The number of aromatic nitrogens is 2. The standard InChI is InChI=1S/C16H17N3O2S/c1-10-3-4-13(11(2)7-10)18-14(20)8-12-9-22-16-17-6-5-15(21)19(12)16/h3-7,12H,8-9H2,1-2H3,(H,18,20). The second kappa shape index (κ2) is 5.96. The maximum atomic E-state index is 12.3. The van der Waals surface area contributed by atoms with E-state index < -0.39 is 0 Å². The molecule has 22 heavy (non-hydrogen) atoms. The van der Waals surface area contributed by atoms with Crippen LogP contribution in [0.2, 0.25) is 0 Å². The van der Waals surface area contributed by atoms with Gasteiger partial charge in [0, 0.05) is 30.1 Å². The van der Waals surface area contributed by atoms with E-state index in [1.807, 2.05) is 32.0 Å². The van der Waals surface area contributed by atoms with Crippen LogP contribution in [-0.4, -0.2) is 21.2 Å². The van der Waals surface area contributed by atoms with Crippen LogP contribution in [0, 0.1) is 13.8 Å². The number of nitrogens with zero attached hydrogens (tertiary/aromatic N) is 2. The van der Waals surface area contributed by atoms with E-state index in [1.54, 1.807) is 4.57 Å². The first-order chi connectivity index (χ1) is 10.5. The lowest BCUT2D eigenvalue weighted by Gasteiger charge is -2.14. The molecule has 0 saturated carbocycles. The first-order valence-corrected chi connectivity index (χ1v) is 8.10. The first kappa shape index (κ1) is 14.8. The van der Waals surface area contributed by atoms with Crippen LogP contribution in [0.25, 0.3) is 0 Å². The Morgan fingerprint density at radius 3 is 3.00 bits per heavy atom. The summed E-state index contributed by atoms with van der Waals surface area (Å²) in [6, 6.07) is 7.22. The predicted molar refractivity (Wildman–Crippen MR) is 87.4 cm³/mol. The van der Waals surface area contributed by atoms with Crippen molar-refractivity contribution >= 4 is 23.4 Å². The van der Waals surface area contributed by atoms with Crippen molar-refractivity contribution in [1.82, 2.24) is 9.55 Å². The SMILES string of the molecule is Cc1ccc(NC(=O)CC2CSc3nccc(=O)n32)c(C)c1. The summed E-state index contributed by atoms with van der Waals surface area (Å²) >= 11 is 1.52. The minimum atomic E-state index is -0.132. The fourth-order valence-electron chi connectivity index (χ4n) is 2.61. The summed E-state index contributed by atoms with van der Waals surface area (Å²) in [4.78, 5) is 28.4. The zero-order chi connectivity index (χ0) is 15.7. The van der Waals surface area contributed by atoms with E-state index in [0.717, 1.165) is 16.8 Å². The number of amides is 1. The van der Waals surface area contributed by atoms with Crippen molar-refractivity contribution in [2.45, 2.75) is 31.5 Å². The molecule has 1 aromatic heterocycles. The van der Waals surface area contributed by atoms with Crippen LogP contribution in [0.5, 0.6) is 0 Å². The molecule has 5 nitrogen and oxygen atoms in total. The molecule has 2 aromatic rings. The van der Waals surface area contributed by atoms with Crippen LogP contribution >= 0.6 is 11.8 Å². The van der Waals surface area contributed by atoms with Gasteiger partial charge in [-0.15, -0.1) is 0 Å². The third kappa shape index (κ3) is 2.92. The second-order valence-corrected chi connectivity index (χ2v) is 6.46. The maximum absolute atomic E-state index is 12.3. The van der Waals surface area contributed by atoms with Gasteiger partial charge in [-0.3, -0.25) is 14.2 Å². The summed E-state index contributed by atoms with van der Waals surface area (Å²) < 4.78 is 1.62. The molecule has 1 amide bonds. The van der Waals surface area contributed by atoms with E-state index in [0.29, 0.717) is 10.9 Å². The highest BCUT2D eigenvalue weighted by molar-refractivity contribution is 7.99. The van der Waals surface area contributed by atoms with Gasteiger partial charge in [-0.25, -0.2) is 4.98 Å². The van der Waals surface area contributed by atoms with Crippen molar-refractivity contribution in [3.8, 4) is 0 Å². The molecule has 0 saturated heterocycles. The highest BCUT2D eigenvalue weighted by Crippen LogP contribution is 2.31. The average molecular weight is 315 g/mol. The van der Waals surface area contributed by atoms with Gasteiger partial charge in [-0.2, -0.15) is 0 Å². The van der Waals surface area contributed by atoms with Crippen molar-refractivity contribution in [2.24, 2.45) is 0 Å². The van der Waals surface area contributed by atoms with Gasteiger partial charge in [0.1, 0.15) is 0 Å². The number of carbonyl (C=O) groups is 1. The van der Waals surface area contributed by atoms with Gasteiger partial charge < -0.3 is 5.32 Å². The number of fused-ring (bicyclic) bond motifs is 1. The van der Waals surface area contributed by atoms with E-state index >= 15 is 0 Å². The Balaban J connectivity index is 1.73. The van der Waals surface area contributed by atoms with Crippen LogP contribution < -0.4 is 10.9 Å². The molecule has 114 valence electrons. The Morgan fingerprint density at radius 2 is 2.23 bits per heavy atom. The maximum Gasteiger partial charge on any atom is 0.254 e. The summed E-state index contributed by atoms with van der Waals surface area (Å²) in [6.45, 7) is 3.99. The average Bonchev–Trinajstić information content (AvgIpc) is 2.86. The minimum Gasteiger partial charge on any atom is -0.326 e. The van der Waals surface area contributed by atoms with Crippen molar-refractivity contribution in [3.05, 3.63) is 51.9 Å². The number of benzene rings is 1. The minimum absolute atomic E-state index is 0.0823. The summed E-state index contributed by atoms with van der Waals surface area (Å²) in [5.74, 6) is 0.619. The van der Waals surface area contributed by atoms with Crippen LogP contribution in [0.4, 0.5) is 5.69 Å².